The third-order valence-electron chi connectivity index (χ3n) is 4.15. The van der Waals surface area contributed by atoms with E-state index in [1.54, 1.807) is 0 Å². The third-order valence-corrected chi connectivity index (χ3v) is 4.15. The van der Waals surface area contributed by atoms with E-state index in [-0.39, 0.29) is 6.10 Å². The minimum Gasteiger partial charge on any atom is -0.233 e. The van der Waals surface area contributed by atoms with Crippen LogP contribution in [-0.2, 0) is 9.78 Å². The first-order chi connectivity index (χ1) is 9.19. The van der Waals surface area contributed by atoms with Gasteiger partial charge in [0.25, 0.3) is 0 Å². The average Bonchev–Trinajstić information content (AvgIpc) is 2.43. The van der Waals surface area contributed by atoms with E-state index in [1.807, 2.05) is 13.8 Å². The summed E-state index contributed by atoms with van der Waals surface area (Å²) in [6, 6.07) is 0. The van der Waals surface area contributed by atoms with Crippen molar-refractivity contribution in [1.82, 2.24) is 0 Å². The van der Waals surface area contributed by atoms with Crippen LogP contribution >= 0.6 is 0 Å². The maximum atomic E-state index is 5.81. The summed E-state index contributed by atoms with van der Waals surface area (Å²) in [7, 11) is 0. The van der Waals surface area contributed by atoms with Crippen molar-refractivity contribution in [2.75, 3.05) is 0 Å². The van der Waals surface area contributed by atoms with Crippen LogP contribution in [0.1, 0.15) is 85.5 Å². The molecule has 1 atom stereocenters. The summed E-state index contributed by atoms with van der Waals surface area (Å²) in [6.07, 6.45) is 13.0. The van der Waals surface area contributed by atoms with E-state index in [2.05, 4.69) is 13.8 Å². The van der Waals surface area contributed by atoms with Gasteiger partial charge in [-0.25, -0.2) is 9.78 Å². The molecule has 0 aromatic heterocycles. The molecule has 2 nitrogen and oxygen atoms in total. The van der Waals surface area contributed by atoms with Crippen molar-refractivity contribution >= 4 is 0 Å². The first-order valence-electron chi connectivity index (χ1n) is 8.39. The molecule has 1 saturated carbocycles. The van der Waals surface area contributed by atoms with Gasteiger partial charge in [0.15, 0.2) is 0 Å². The lowest BCUT2D eigenvalue weighted by Gasteiger charge is -2.33. The van der Waals surface area contributed by atoms with Crippen LogP contribution < -0.4 is 0 Å². The third kappa shape index (κ3) is 6.27. The molecule has 0 amide bonds. The van der Waals surface area contributed by atoms with Gasteiger partial charge >= 0.3 is 0 Å². The Morgan fingerprint density at radius 3 is 2.32 bits per heavy atom. The first kappa shape index (κ1) is 17.0. The molecule has 0 aliphatic heterocycles. The lowest BCUT2D eigenvalue weighted by molar-refractivity contribution is -0.325. The van der Waals surface area contributed by atoms with Crippen LogP contribution in [-0.4, -0.2) is 6.10 Å². The van der Waals surface area contributed by atoms with Gasteiger partial charge in [-0.3, -0.25) is 0 Å². The second-order valence-corrected chi connectivity index (χ2v) is 6.21. The van der Waals surface area contributed by atoms with Gasteiger partial charge in [0.2, 0.25) is 0 Å². The maximum absolute atomic E-state index is 5.81. The Morgan fingerprint density at radius 2 is 1.79 bits per heavy atom. The van der Waals surface area contributed by atoms with Crippen molar-refractivity contribution in [2.24, 2.45) is 11.8 Å². The van der Waals surface area contributed by atoms with Crippen LogP contribution in [0.4, 0.5) is 0 Å². The first-order valence-corrected chi connectivity index (χ1v) is 8.39. The summed E-state index contributed by atoms with van der Waals surface area (Å²) in [5.41, 5.74) is 0. The van der Waals surface area contributed by atoms with Gasteiger partial charge in [0, 0.05) is 0 Å². The van der Waals surface area contributed by atoms with Crippen LogP contribution in [0.2, 0.25) is 0 Å². The Bertz CT molecular complexity index is 209. The molecule has 1 fully saturated rings. The van der Waals surface area contributed by atoms with Gasteiger partial charge in [-0.1, -0.05) is 52.4 Å². The monoisotopic (exact) mass is 269 g/mol. The molecule has 0 heterocycles. The van der Waals surface area contributed by atoms with Gasteiger partial charge in [-0.2, -0.15) is 0 Å². The van der Waals surface area contributed by atoms with Crippen molar-refractivity contribution in [3.63, 3.8) is 0 Å². The van der Waals surface area contributed by atoms with E-state index in [0.29, 0.717) is 11.8 Å². The smallest absolute Gasteiger partial charge is 0.142 e. The number of hydrogen-bond acceptors (Lipinski definition) is 2. The van der Waals surface area contributed by atoms with E-state index in [4.69, 9.17) is 9.78 Å². The molecule has 0 spiro atoms. The fourth-order valence-electron chi connectivity index (χ4n) is 3.01. The molecule has 1 rings (SSSR count). The highest BCUT2D eigenvalue weighted by molar-refractivity contribution is 4.94. The van der Waals surface area contributed by atoms with E-state index in [1.165, 1.54) is 63.9 Å². The fourth-order valence-corrected chi connectivity index (χ4v) is 3.01. The molecular weight excluding hydrogens is 236 g/mol. The van der Waals surface area contributed by atoms with Crippen molar-refractivity contribution in [3.8, 4) is 0 Å². The van der Waals surface area contributed by atoms with Crippen LogP contribution in [0.3, 0.4) is 0 Å². The minimum atomic E-state index is 0.141. The van der Waals surface area contributed by atoms with Crippen molar-refractivity contribution in [3.05, 3.63) is 6.10 Å². The van der Waals surface area contributed by atoms with Crippen LogP contribution in [0.25, 0.3) is 0 Å². The van der Waals surface area contributed by atoms with Crippen molar-refractivity contribution in [2.45, 2.75) is 91.6 Å². The molecule has 0 N–H and O–H groups in total. The SMILES string of the molecule is CCCCC(CC)[C](OOC(C)C)C1CCCCC1. The minimum absolute atomic E-state index is 0.141. The Morgan fingerprint density at radius 1 is 1.11 bits per heavy atom. The van der Waals surface area contributed by atoms with Gasteiger partial charge in [0.05, 0.1) is 6.10 Å². The molecule has 19 heavy (non-hydrogen) atoms. The summed E-state index contributed by atoms with van der Waals surface area (Å²) in [5, 5.41) is 0. The Kier molecular flexibility index (Phi) is 8.72. The molecule has 0 aromatic rings. The lowest BCUT2D eigenvalue weighted by atomic mass is 9.78. The Hall–Kier alpha value is -0.0800. The molecule has 0 bridgehead atoms. The summed E-state index contributed by atoms with van der Waals surface area (Å²) in [4.78, 5) is 11.3. The van der Waals surface area contributed by atoms with Gasteiger partial charge < -0.3 is 0 Å². The number of rotatable bonds is 9. The van der Waals surface area contributed by atoms with Crippen LogP contribution in [0.5, 0.6) is 0 Å². The molecule has 1 aliphatic rings. The van der Waals surface area contributed by atoms with Gasteiger partial charge in [-0.05, 0) is 44.9 Å². The van der Waals surface area contributed by atoms with E-state index in [0.717, 1.165) is 0 Å². The molecule has 1 radical (unpaired) electrons. The zero-order chi connectivity index (χ0) is 14.1. The van der Waals surface area contributed by atoms with Gasteiger partial charge in [-0.15, -0.1) is 0 Å². The largest absolute Gasteiger partial charge is 0.233 e. The maximum Gasteiger partial charge on any atom is 0.142 e. The zero-order valence-corrected chi connectivity index (χ0v) is 13.4. The van der Waals surface area contributed by atoms with E-state index < -0.39 is 0 Å². The summed E-state index contributed by atoms with van der Waals surface area (Å²) in [5.74, 6) is 1.22. The van der Waals surface area contributed by atoms with E-state index >= 15 is 0 Å². The van der Waals surface area contributed by atoms with Crippen LogP contribution in [0, 0.1) is 17.9 Å². The molecule has 1 unspecified atom stereocenters. The topological polar surface area (TPSA) is 18.5 Å². The summed E-state index contributed by atoms with van der Waals surface area (Å²) < 4.78 is 0. The zero-order valence-electron chi connectivity index (χ0n) is 13.4. The highest BCUT2D eigenvalue weighted by Gasteiger charge is 2.32. The van der Waals surface area contributed by atoms with Crippen LogP contribution in [0.15, 0.2) is 0 Å². The molecule has 0 aromatic carbocycles. The van der Waals surface area contributed by atoms with Crippen molar-refractivity contribution in [1.29, 1.82) is 0 Å². The van der Waals surface area contributed by atoms with Crippen molar-refractivity contribution < 1.29 is 9.78 Å². The average molecular weight is 269 g/mol. The number of hydrogen-bond donors (Lipinski definition) is 0. The second-order valence-electron chi connectivity index (χ2n) is 6.21. The lowest BCUT2D eigenvalue weighted by Crippen LogP contribution is -2.27. The predicted molar refractivity (Wildman–Crippen MR) is 80.4 cm³/mol. The molecule has 1 aliphatic carbocycles. The molecule has 0 saturated heterocycles. The quantitative estimate of drug-likeness (QED) is 0.396. The highest BCUT2D eigenvalue weighted by atomic mass is 17.2. The Balaban J connectivity index is 2.58. The molecular formula is C17H33O2. The highest BCUT2D eigenvalue weighted by Crippen LogP contribution is 2.39. The van der Waals surface area contributed by atoms with Gasteiger partial charge in [0.1, 0.15) is 6.10 Å². The second kappa shape index (κ2) is 9.77. The predicted octanol–water partition coefficient (Wildman–Crippen LogP) is 5.67. The molecule has 2 heteroatoms. The fraction of sp³-hybridized carbons (Fsp3) is 0.941. The van der Waals surface area contributed by atoms with E-state index in [9.17, 15) is 0 Å². The number of unbranched alkanes of at least 4 members (excludes halogenated alkanes) is 1. The standard InChI is InChI=1S/C17H33O2/c1-5-7-11-15(6-2)17(19-18-14(3)4)16-12-9-8-10-13-16/h14-16H,5-13H2,1-4H3. The normalized spacial score (nSPS) is 19.3. The Labute approximate surface area is 120 Å². The summed E-state index contributed by atoms with van der Waals surface area (Å²) in [6.45, 7) is 8.61. The summed E-state index contributed by atoms with van der Waals surface area (Å²) >= 11 is 0. The molecule has 113 valence electrons.